The van der Waals surface area contributed by atoms with E-state index < -0.39 is 5.79 Å². The van der Waals surface area contributed by atoms with Crippen molar-refractivity contribution >= 4 is 0 Å². The Morgan fingerprint density at radius 2 is 1.52 bits per heavy atom. The van der Waals surface area contributed by atoms with E-state index >= 15 is 0 Å². The van der Waals surface area contributed by atoms with Gasteiger partial charge in [0.25, 0.3) is 0 Å². The van der Waals surface area contributed by atoms with E-state index in [0.717, 1.165) is 19.4 Å². The van der Waals surface area contributed by atoms with Crippen molar-refractivity contribution in [2.75, 3.05) is 6.61 Å². The summed E-state index contributed by atoms with van der Waals surface area (Å²) in [6, 6.07) is 0. The van der Waals surface area contributed by atoms with Crippen LogP contribution < -0.4 is 0 Å². The average molecular weight is 357 g/mol. The predicted molar refractivity (Wildman–Crippen MR) is 106 cm³/mol. The first kappa shape index (κ1) is 22.9. The lowest BCUT2D eigenvalue weighted by molar-refractivity contribution is -0.300. The van der Waals surface area contributed by atoms with Gasteiger partial charge in [-0.15, -0.1) is 0 Å². The second-order valence-electron chi connectivity index (χ2n) is 8.71. The van der Waals surface area contributed by atoms with Crippen molar-refractivity contribution < 1.29 is 14.6 Å². The number of ether oxygens (including phenoxy) is 2. The number of hydrogen-bond acceptors (Lipinski definition) is 3. The van der Waals surface area contributed by atoms with Crippen LogP contribution in [0.2, 0.25) is 0 Å². The molecule has 150 valence electrons. The maximum atomic E-state index is 9.71. The van der Waals surface area contributed by atoms with Gasteiger partial charge in [-0.2, -0.15) is 0 Å². The molecule has 0 radical (unpaired) electrons. The first-order chi connectivity index (χ1) is 11.9. The fourth-order valence-electron chi connectivity index (χ4n) is 4.06. The van der Waals surface area contributed by atoms with E-state index in [0.29, 0.717) is 11.8 Å². The van der Waals surface area contributed by atoms with Gasteiger partial charge in [-0.05, 0) is 39.5 Å². The van der Waals surface area contributed by atoms with Crippen molar-refractivity contribution in [1.29, 1.82) is 0 Å². The van der Waals surface area contributed by atoms with Gasteiger partial charge in [0.05, 0.1) is 18.8 Å². The van der Waals surface area contributed by atoms with E-state index in [-0.39, 0.29) is 12.2 Å². The van der Waals surface area contributed by atoms with Crippen molar-refractivity contribution in [1.82, 2.24) is 0 Å². The van der Waals surface area contributed by atoms with Gasteiger partial charge in [0.15, 0.2) is 5.79 Å². The van der Waals surface area contributed by atoms with Gasteiger partial charge in [-0.3, -0.25) is 0 Å². The van der Waals surface area contributed by atoms with Crippen LogP contribution in [0.4, 0.5) is 0 Å². The number of aliphatic hydroxyl groups is 1. The molecule has 0 bridgehead atoms. The highest BCUT2D eigenvalue weighted by Crippen LogP contribution is 2.35. The molecule has 1 N–H and O–H groups in total. The normalized spacial score (nSPS) is 25.7. The third-order valence-corrected chi connectivity index (χ3v) is 5.57. The van der Waals surface area contributed by atoms with E-state index in [2.05, 4.69) is 13.8 Å². The molecule has 0 aromatic carbocycles. The molecule has 0 amide bonds. The highest BCUT2D eigenvalue weighted by molar-refractivity contribution is 4.82. The van der Waals surface area contributed by atoms with E-state index in [4.69, 9.17) is 9.47 Å². The average Bonchev–Trinajstić information content (AvgIpc) is 2.52. The summed E-state index contributed by atoms with van der Waals surface area (Å²) < 4.78 is 12.2. The lowest BCUT2D eigenvalue weighted by atomic mass is 9.83. The Labute approximate surface area is 156 Å². The number of aliphatic hydroxyl groups excluding tert-OH is 1. The summed E-state index contributed by atoms with van der Waals surface area (Å²) in [5, 5.41) is 9.71. The molecular formula is C22H44O3. The summed E-state index contributed by atoms with van der Waals surface area (Å²) >= 11 is 0. The third kappa shape index (κ3) is 9.96. The first-order valence-electron chi connectivity index (χ1n) is 10.9. The Bertz CT molecular complexity index is 327. The van der Waals surface area contributed by atoms with Gasteiger partial charge in [0.2, 0.25) is 0 Å². The summed E-state index contributed by atoms with van der Waals surface area (Å²) in [4.78, 5) is 0. The highest BCUT2D eigenvalue weighted by Gasteiger charge is 2.38. The molecule has 0 aliphatic carbocycles. The third-order valence-electron chi connectivity index (χ3n) is 5.57. The maximum absolute atomic E-state index is 9.71. The zero-order chi connectivity index (χ0) is 18.7. The van der Waals surface area contributed by atoms with Crippen molar-refractivity contribution in [3.05, 3.63) is 0 Å². The molecule has 1 aliphatic rings. The quantitative estimate of drug-likeness (QED) is 0.406. The Kier molecular flexibility index (Phi) is 11.3. The van der Waals surface area contributed by atoms with Crippen LogP contribution in [0.5, 0.6) is 0 Å². The zero-order valence-corrected chi connectivity index (χ0v) is 17.6. The number of rotatable bonds is 13. The minimum Gasteiger partial charge on any atom is -0.393 e. The summed E-state index contributed by atoms with van der Waals surface area (Å²) in [7, 11) is 0. The molecule has 4 atom stereocenters. The van der Waals surface area contributed by atoms with E-state index in [1.54, 1.807) is 0 Å². The molecule has 1 fully saturated rings. The minimum atomic E-state index is -0.467. The van der Waals surface area contributed by atoms with Gasteiger partial charge >= 0.3 is 0 Å². The second-order valence-corrected chi connectivity index (χ2v) is 8.71. The summed E-state index contributed by atoms with van der Waals surface area (Å²) in [5.74, 6) is 0.363. The summed E-state index contributed by atoms with van der Waals surface area (Å²) in [6.45, 7) is 11.2. The molecule has 3 nitrogen and oxygen atoms in total. The van der Waals surface area contributed by atoms with Gasteiger partial charge in [0, 0.05) is 5.92 Å². The van der Waals surface area contributed by atoms with Crippen LogP contribution in [-0.4, -0.2) is 29.7 Å². The Balaban J connectivity index is 2.28. The molecule has 1 saturated heterocycles. The van der Waals surface area contributed by atoms with Gasteiger partial charge < -0.3 is 14.6 Å². The molecule has 1 rings (SSSR count). The Hall–Kier alpha value is -0.120. The van der Waals surface area contributed by atoms with Gasteiger partial charge in [-0.25, -0.2) is 0 Å². The van der Waals surface area contributed by atoms with Crippen LogP contribution in [0, 0.1) is 11.8 Å². The number of hydrogen-bond donors (Lipinski definition) is 1. The summed E-state index contributed by atoms with van der Waals surface area (Å²) in [6.07, 6.45) is 14.2. The molecule has 0 aromatic heterocycles. The van der Waals surface area contributed by atoms with Gasteiger partial charge in [-0.1, -0.05) is 71.6 Å². The van der Waals surface area contributed by atoms with Crippen molar-refractivity contribution in [3.8, 4) is 0 Å². The molecule has 0 spiro atoms. The molecule has 0 aromatic rings. The minimum absolute atomic E-state index is 0.252. The molecule has 1 unspecified atom stereocenters. The first-order valence-corrected chi connectivity index (χ1v) is 10.9. The lowest BCUT2D eigenvalue weighted by Gasteiger charge is -2.43. The van der Waals surface area contributed by atoms with Crippen LogP contribution >= 0.6 is 0 Å². The summed E-state index contributed by atoms with van der Waals surface area (Å²) in [5.41, 5.74) is 0. The van der Waals surface area contributed by atoms with Crippen molar-refractivity contribution in [2.24, 2.45) is 11.8 Å². The van der Waals surface area contributed by atoms with Crippen molar-refractivity contribution in [3.63, 3.8) is 0 Å². The SMILES string of the molecule is CCCCCCCCCCCC1OC(C)(C)OC[C@H]1[C@@H](C)C[C@@H](C)O. The lowest BCUT2D eigenvalue weighted by Crippen LogP contribution is -2.48. The maximum Gasteiger partial charge on any atom is 0.163 e. The molecule has 1 aliphatic heterocycles. The smallest absolute Gasteiger partial charge is 0.163 e. The molecule has 1 heterocycles. The van der Waals surface area contributed by atoms with Gasteiger partial charge in [0.1, 0.15) is 0 Å². The van der Waals surface area contributed by atoms with E-state index in [1.807, 2.05) is 20.8 Å². The largest absolute Gasteiger partial charge is 0.393 e. The second kappa shape index (κ2) is 12.3. The molecule has 0 saturated carbocycles. The topological polar surface area (TPSA) is 38.7 Å². The van der Waals surface area contributed by atoms with E-state index in [1.165, 1.54) is 57.8 Å². The molecule has 25 heavy (non-hydrogen) atoms. The van der Waals surface area contributed by atoms with Crippen molar-refractivity contribution in [2.45, 2.75) is 123 Å². The van der Waals surface area contributed by atoms with Crippen LogP contribution in [0.15, 0.2) is 0 Å². The fourth-order valence-corrected chi connectivity index (χ4v) is 4.06. The van der Waals surface area contributed by atoms with Crippen LogP contribution in [0.1, 0.15) is 105 Å². The van der Waals surface area contributed by atoms with Crippen LogP contribution in [-0.2, 0) is 9.47 Å². The Morgan fingerprint density at radius 3 is 2.08 bits per heavy atom. The predicted octanol–water partition coefficient (Wildman–Crippen LogP) is 6.08. The number of unbranched alkanes of at least 4 members (excludes halogenated alkanes) is 8. The van der Waals surface area contributed by atoms with Crippen LogP contribution in [0.3, 0.4) is 0 Å². The molecular weight excluding hydrogens is 312 g/mol. The Morgan fingerprint density at radius 1 is 0.960 bits per heavy atom. The van der Waals surface area contributed by atoms with E-state index in [9.17, 15) is 5.11 Å². The fraction of sp³-hybridized carbons (Fsp3) is 1.00. The standard InChI is InChI=1S/C22H44O3/c1-6-7-8-9-10-11-12-13-14-15-21-20(18(2)16-19(3)23)17-24-22(4,5)25-21/h18-21,23H,6-17H2,1-5H3/t18-,19+,20-,21?/m0/s1. The monoisotopic (exact) mass is 356 g/mol. The molecule has 3 heteroatoms. The highest BCUT2D eigenvalue weighted by atomic mass is 16.7. The zero-order valence-electron chi connectivity index (χ0n) is 17.6. The van der Waals surface area contributed by atoms with Crippen LogP contribution in [0.25, 0.3) is 0 Å².